The van der Waals surface area contributed by atoms with Gasteiger partial charge in [-0.1, -0.05) is 31.4 Å². The molecule has 0 spiro atoms. The maximum Gasteiger partial charge on any atom is 0.256 e. The minimum Gasteiger partial charge on any atom is -0.336 e. The number of nitrogens with one attached hydrogen (secondary N) is 1. The molecular weight excluding hydrogens is 302 g/mol. The third-order valence-electron chi connectivity index (χ3n) is 5.18. The van der Waals surface area contributed by atoms with Crippen LogP contribution in [0.15, 0.2) is 24.3 Å². The molecule has 1 saturated carbocycles. The summed E-state index contributed by atoms with van der Waals surface area (Å²) in [5.74, 6) is 0.168. The van der Waals surface area contributed by atoms with Crippen LogP contribution in [-0.4, -0.2) is 54.8 Å². The number of piperazine rings is 1. The van der Waals surface area contributed by atoms with Crippen LogP contribution in [0.2, 0.25) is 0 Å². The van der Waals surface area contributed by atoms with E-state index in [1.165, 1.54) is 6.42 Å². The Balaban J connectivity index is 1.70. The summed E-state index contributed by atoms with van der Waals surface area (Å²) in [5, 5.41) is 3.01. The van der Waals surface area contributed by atoms with E-state index < -0.39 is 0 Å². The highest BCUT2D eigenvalue weighted by atomic mass is 16.2. The van der Waals surface area contributed by atoms with Crippen molar-refractivity contribution < 1.29 is 9.59 Å². The van der Waals surface area contributed by atoms with Crippen LogP contribution in [0.25, 0.3) is 0 Å². The third kappa shape index (κ3) is 3.96. The number of carbonyl (C=O) groups is 2. The van der Waals surface area contributed by atoms with Gasteiger partial charge in [0, 0.05) is 32.1 Å². The standard InChI is InChI=1S/C19H27N3O2/c1-21-11-13-22(14-12-21)19(24)16-9-5-6-10-17(16)20-18(23)15-7-3-2-4-8-15/h5-6,9-10,15H,2-4,7-8,11-14H2,1H3,(H,20,23). The molecule has 0 radical (unpaired) electrons. The van der Waals surface area contributed by atoms with Crippen molar-refractivity contribution in [3.63, 3.8) is 0 Å². The molecular formula is C19H27N3O2. The summed E-state index contributed by atoms with van der Waals surface area (Å²) < 4.78 is 0. The van der Waals surface area contributed by atoms with Gasteiger partial charge in [0.15, 0.2) is 0 Å². The van der Waals surface area contributed by atoms with Crippen molar-refractivity contribution >= 4 is 17.5 Å². The highest BCUT2D eigenvalue weighted by molar-refractivity contribution is 6.04. The van der Waals surface area contributed by atoms with E-state index in [0.29, 0.717) is 11.3 Å². The summed E-state index contributed by atoms with van der Waals surface area (Å²) >= 11 is 0. The van der Waals surface area contributed by atoms with E-state index in [1.807, 2.05) is 29.2 Å². The van der Waals surface area contributed by atoms with Crippen molar-refractivity contribution in [3.05, 3.63) is 29.8 Å². The average molecular weight is 329 g/mol. The van der Waals surface area contributed by atoms with Crippen LogP contribution < -0.4 is 5.32 Å². The highest BCUT2D eigenvalue weighted by Gasteiger charge is 2.25. The Labute approximate surface area is 144 Å². The molecule has 0 unspecified atom stereocenters. The quantitative estimate of drug-likeness (QED) is 0.927. The highest BCUT2D eigenvalue weighted by Crippen LogP contribution is 2.26. The van der Waals surface area contributed by atoms with Crippen LogP contribution in [0.5, 0.6) is 0 Å². The minimum absolute atomic E-state index is 0.0163. The van der Waals surface area contributed by atoms with Gasteiger partial charge in [-0.15, -0.1) is 0 Å². The minimum atomic E-state index is 0.0163. The molecule has 24 heavy (non-hydrogen) atoms. The molecule has 130 valence electrons. The Morgan fingerprint density at radius 2 is 1.67 bits per heavy atom. The first-order valence-corrected chi connectivity index (χ1v) is 9.03. The van der Waals surface area contributed by atoms with Gasteiger partial charge in [-0.25, -0.2) is 0 Å². The van der Waals surface area contributed by atoms with Crippen molar-refractivity contribution in [3.8, 4) is 0 Å². The second-order valence-electron chi connectivity index (χ2n) is 6.97. The summed E-state index contributed by atoms with van der Waals surface area (Å²) in [7, 11) is 2.07. The Bertz CT molecular complexity index is 588. The molecule has 3 rings (SSSR count). The Hall–Kier alpha value is -1.88. The molecule has 2 fully saturated rings. The van der Waals surface area contributed by atoms with E-state index in [-0.39, 0.29) is 17.7 Å². The normalized spacial score (nSPS) is 20.0. The molecule has 1 aliphatic heterocycles. The Morgan fingerprint density at radius 1 is 1.00 bits per heavy atom. The van der Waals surface area contributed by atoms with Gasteiger partial charge in [-0.2, -0.15) is 0 Å². The maximum absolute atomic E-state index is 12.8. The van der Waals surface area contributed by atoms with Gasteiger partial charge in [0.1, 0.15) is 0 Å². The molecule has 5 heteroatoms. The van der Waals surface area contributed by atoms with Gasteiger partial charge in [0.2, 0.25) is 5.91 Å². The van der Waals surface area contributed by atoms with Crippen LogP contribution >= 0.6 is 0 Å². The molecule has 1 aromatic carbocycles. The molecule has 1 heterocycles. The fourth-order valence-electron chi connectivity index (χ4n) is 3.56. The molecule has 0 atom stereocenters. The smallest absolute Gasteiger partial charge is 0.256 e. The number of anilines is 1. The predicted octanol–water partition coefficient (Wildman–Crippen LogP) is 2.59. The van der Waals surface area contributed by atoms with E-state index in [0.717, 1.165) is 51.9 Å². The number of likely N-dealkylation sites (N-methyl/N-ethyl adjacent to an activating group) is 1. The average Bonchev–Trinajstić information content (AvgIpc) is 2.63. The Kier molecular flexibility index (Phi) is 5.51. The summed E-state index contributed by atoms with van der Waals surface area (Å²) in [4.78, 5) is 29.5. The fraction of sp³-hybridized carbons (Fsp3) is 0.579. The third-order valence-corrected chi connectivity index (χ3v) is 5.18. The topological polar surface area (TPSA) is 52.6 Å². The fourth-order valence-corrected chi connectivity index (χ4v) is 3.56. The van der Waals surface area contributed by atoms with Gasteiger partial charge in [0.25, 0.3) is 5.91 Å². The molecule has 1 aromatic rings. The van der Waals surface area contributed by atoms with E-state index in [9.17, 15) is 9.59 Å². The molecule has 1 saturated heterocycles. The zero-order valence-corrected chi connectivity index (χ0v) is 14.5. The zero-order chi connectivity index (χ0) is 16.9. The van der Waals surface area contributed by atoms with Crippen molar-refractivity contribution in [1.29, 1.82) is 0 Å². The van der Waals surface area contributed by atoms with Gasteiger partial charge < -0.3 is 15.1 Å². The summed E-state index contributed by atoms with van der Waals surface area (Å²) in [6.45, 7) is 3.26. The monoisotopic (exact) mass is 329 g/mol. The number of nitrogens with zero attached hydrogens (tertiary/aromatic N) is 2. The largest absolute Gasteiger partial charge is 0.336 e. The first-order valence-electron chi connectivity index (χ1n) is 9.03. The predicted molar refractivity (Wildman–Crippen MR) is 95.0 cm³/mol. The molecule has 2 aliphatic rings. The van der Waals surface area contributed by atoms with Gasteiger partial charge in [-0.3, -0.25) is 9.59 Å². The molecule has 0 aromatic heterocycles. The molecule has 1 aliphatic carbocycles. The molecule has 0 bridgehead atoms. The van der Waals surface area contributed by atoms with E-state index >= 15 is 0 Å². The van der Waals surface area contributed by atoms with Gasteiger partial charge in [0.05, 0.1) is 11.3 Å². The number of hydrogen-bond acceptors (Lipinski definition) is 3. The first kappa shape index (κ1) is 17.0. The zero-order valence-electron chi connectivity index (χ0n) is 14.5. The first-order chi connectivity index (χ1) is 11.6. The number of amides is 2. The van der Waals surface area contributed by atoms with E-state index in [2.05, 4.69) is 17.3 Å². The Morgan fingerprint density at radius 3 is 2.38 bits per heavy atom. The maximum atomic E-state index is 12.8. The lowest BCUT2D eigenvalue weighted by Crippen LogP contribution is -2.47. The van der Waals surface area contributed by atoms with Crippen molar-refractivity contribution in [2.24, 2.45) is 5.92 Å². The molecule has 2 amide bonds. The number of rotatable bonds is 3. The van der Waals surface area contributed by atoms with E-state index in [1.54, 1.807) is 0 Å². The lowest BCUT2D eigenvalue weighted by atomic mass is 9.88. The summed E-state index contributed by atoms with van der Waals surface area (Å²) in [5.41, 5.74) is 1.25. The lowest BCUT2D eigenvalue weighted by Gasteiger charge is -2.33. The van der Waals surface area contributed by atoms with Crippen molar-refractivity contribution in [2.75, 3.05) is 38.5 Å². The van der Waals surface area contributed by atoms with Crippen LogP contribution in [0, 0.1) is 5.92 Å². The van der Waals surface area contributed by atoms with Crippen LogP contribution in [-0.2, 0) is 4.79 Å². The van der Waals surface area contributed by atoms with Crippen molar-refractivity contribution in [2.45, 2.75) is 32.1 Å². The second kappa shape index (κ2) is 7.79. The summed E-state index contributed by atoms with van der Waals surface area (Å²) in [6.07, 6.45) is 5.39. The van der Waals surface area contributed by atoms with Gasteiger partial charge >= 0.3 is 0 Å². The van der Waals surface area contributed by atoms with Crippen LogP contribution in [0.1, 0.15) is 42.5 Å². The van der Waals surface area contributed by atoms with Gasteiger partial charge in [-0.05, 0) is 32.0 Å². The number of para-hydroxylation sites is 1. The lowest BCUT2D eigenvalue weighted by molar-refractivity contribution is -0.120. The molecule has 1 N–H and O–H groups in total. The van der Waals surface area contributed by atoms with Crippen molar-refractivity contribution in [1.82, 2.24) is 9.80 Å². The number of benzene rings is 1. The van der Waals surface area contributed by atoms with Crippen LogP contribution in [0.4, 0.5) is 5.69 Å². The number of hydrogen-bond donors (Lipinski definition) is 1. The SMILES string of the molecule is CN1CCN(C(=O)c2ccccc2NC(=O)C2CCCCC2)CC1. The number of carbonyl (C=O) groups excluding carboxylic acids is 2. The van der Waals surface area contributed by atoms with E-state index in [4.69, 9.17) is 0 Å². The second-order valence-corrected chi connectivity index (χ2v) is 6.97. The molecule has 5 nitrogen and oxygen atoms in total. The summed E-state index contributed by atoms with van der Waals surface area (Å²) in [6, 6.07) is 7.39. The van der Waals surface area contributed by atoms with Crippen LogP contribution in [0.3, 0.4) is 0 Å².